The van der Waals surface area contributed by atoms with Gasteiger partial charge in [0, 0.05) is 25.0 Å². The van der Waals surface area contributed by atoms with Crippen molar-refractivity contribution in [2.75, 3.05) is 7.05 Å². The highest BCUT2D eigenvalue weighted by Crippen LogP contribution is 2.24. The van der Waals surface area contributed by atoms with Gasteiger partial charge in [0.15, 0.2) is 0 Å². The average molecular weight is 282 g/mol. The van der Waals surface area contributed by atoms with E-state index in [4.69, 9.17) is 4.63 Å². The van der Waals surface area contributed by atoms with Crippen LogP contribution in [0.1, 0.15) is 30.5 Å². The zero-order chi connectivity index (χ0) is 14.7. The van der Waals surface area contributed by atoms with Gasteiger partial charge in [-0.2, -0.15) is 0 Å². The number of rotatable bonds is 5. The normalized spacial score (nSPS) is 12.9. The highest BCUT2D eigenvalue weighted by Gasteiger charge is 2.15. The molecule has 0 fully saturated rings. The lowest BCUT2D eigenvalue weighted by molar-refractivity contribution is 0.230. The highest BCUT2D eigenvalue weighted by atomic mass is 16.6. The Morgan fingerprint density at radius 2 is 2.05 bits per heavy atom. The summed E-state index contributed by atoms with van der Waals surface area (Å²) in [5.74, 6) is 0. The quantitative estimate of drug-likeness (QED) is 0.719. The van der Waals surface area contributed by atoms with Gasteiger partial charge in [-0.25, -0.2) is 4.63 Å². The van der Waals surface area contributed by atoms with Gasteiger partial charge >= 0.3 is 0 Å². The fourth-order valence-electron chi connectivity index (χ4n) is 2.70. The maximum absolute atomic E-state index is 4.74. The summed E-state index contributed by atoms with van der Waals surface area (Å²) >= 11 is 0. The fraction of sp³-hybridized carbons (Fsp3) is 0.312. The summed E-state index contributed by atoms with van der Waals surface area (Å²) in [5, 5.41) is 7.73. The van der Waals surface area contributed by atoms with Crippen molar-refractivity contribution >= 4 is 11.0 Å². The van der Waals surface area contributed by atoms with Crippen LogP contribution in [0.3, 0.4) is 0 Å². The molecule has 0 N–H and O–H groups in total. The molecule has 0 aliphatic rings. The SMILES string of the molecule is CC[C@@H](c1cccnc1)N(C)Cc1ccc2nonc2c1. The van der Waals surface area contributed by atoms with Crippen molar-refractivity contribution in [1.82, 2.24) is 20.2 Å². The Labute approximate surface area is 123 Å². The third-order valence-corrected chi connectivity index (χ3v) is 3.74. The van der Waals surface area contributed by atoms with Gasteiger partial charge in [0.2, 0.25) is 0 Å². The second kappa shape index (κ2) is 6.01. The van der Waals surface area contributed by atoms with E-state index in [-0.39, 0.29) is 0 Å². The lowest BCUT2D eigenvalue weighted by Gasteiger charge is -2.27. The summed E-state index contributed by atoms with van der Waals surface area (Å²) in [6, 6.07) is 10.5. The number of pyridine rings is 1. The standard InChI is InChI=1S/C16H18N4O/c1-3-16(13-5-4-8-17-10-13)20(2)11-12-6-7-14-15(9-12)19-21-18-14/h4-10,16H,3,11H2,1-2H3/t16-/m0/s1. The summed E-state index contributed by atoms with van der Waals surface area (Å²) in [5.41, 5.74) is 4.03. The molecule has 0 bridgehead atoms. The molecule has 0 spiro atoms. The van der Waals surface area contributed by atoms with Crippen LogP contribution in [0, 0.1) is 0 Å². The molecule has 0 radical (unpaired) electrons. The highest BCUT2D eigenvalue weighted by molar-refractivity contribution is 5.73. The van der Waals surface area contributed by atoms with Crippen LogP contribution in [0.15, 0.2) is 47.4 Å². The van der Waals surface area contributed by atoms with Crippen molar-refractivity contribution in [3.05, 3.63) is 53.9 Å². The van der Waals surface area contributed by atoms with Crippen LogP contribution in [0.4, 0.5) is 0 Å². The van der Waals surface area contributed by atoms with Crippen LogP contribution < -0.4 is 0 Å². The smallest absolute Gasteiger partial charge is 0.135 e. The molecule has 1 atom stereocenters. The number of hydrogen-bond donors (Lipinski definition) is 0. The summed E-state index contributed by atoms with van der Waals surface area (Å²) < 4.78 is 4.74. The Morgan fingerprint density at radius 3 is 2.81 bits per heavy atom. The van der Waals surface area contributed by atoms with E-state index >= 15 is 0 Å². The molecular formula is C16H18N4O. The summed E-state index contributed by atoms with van der Waals surface area (Å²) in [7, 11) is 2.13. The van der Waals surface area contributed by atoms with E-state index in [0.29, 0.717) is 6.04 Å². The number of hydrogen-bond acceptors (Lipinski definition) is 5. The molecule has 0 unspecified atom stereocenters. The van der Waals surface area contributed by atoms with Crippen molar-refractivity contribution in [2.24, 2.45) is 0 Å². The van der Waals surface area contributed by atoms with Crippen molar-refractivity contribution in [3.63, 3.8) is 0 Å². The van der Waals surface area contributed by atoms with Crippen LogP contribution in [0.5, 0.6) is 0 Å². The molecule has 5 nitrogen and oxygen atoms in total. The van der Waals surface area contributed by atoms with Gasteiger partial charge in [-0.3, -0.25) is 9.88 Å². The molecule has 21 heavy (non-hydrogen) atoms. The van der Waals surface area contributed by atoms with Gasteiger partial charge < -0.3 is 0 Å². The summed E-state index contributed by atoms with van der Waals surface area (Å²) in [4.78, 5) is 6.54. The molecule has 0 aliphatic heterocycles. The van der Waals surface area contributed by atoms with E-state index < -0.39 is 0 Å². The summed E-state index contributed by atoms with van der Waals surface area (Å²) in [6.07, 6.45) is 4.78. The third kappa shape index (κ3) is 2.92. The van der Waals surface area contributed by atoms with E-state index in [1.54, 1.807) is 0 Å². The molecular weight excluding hydrogens is 264 g/mol. The monoisotopic (exact) mass is 282 g/mol. The first kappa shape index (κ1) is 13.7. The van der Waals surface area contributed by atoms with Crippen molar-refractivity contribution in [2.45, 2.75) is 25.9 Å². The molecule has 0 saturated heterocycles. The van der Waals surface area contributed by atoms with E-state index in [0.717, 1.165) is 24.0 Å². The first-order valence-electron chi connectivity index (χ1n) is 7.09. The van der Waals surface area contributed by atoms with Crippen LogP contribution in [-0.2, 0) is 6.54 Å². The molecule has 2 aromatic heterocycles. The first-order chi connectivity index (χ1) is 10.3. The number of aromatic nitrogens is 3. The maximum atomic E-state index is 4.74. The lowest BCUT2D eigenvalue weighted by atomic mass is 10.0. The predicted molar refractivity (Wildman–Crippen MR) is 80.5 cm³/mol. The second-order valence-electron chi connectivity index (χ2n) is 5.21. The minimum atomic E-state index is 0.352. The van der Waals surface area contributed by atoms with E-state index in [1.165, 1.54) is 11.1 Å². The van der Waals surface area contributed by atoms with E-state index in [9.17, 15) is 0 Å². The molecule has 2 heterocycles. The Hall–Kier alpha value is -2.27. The number of fused-ring (bicyclic) bond motifs is 1. The zero-order valence-electron chi connectivity index (χ0n) is 12.2. The molecule has 3 rings (SSSR count). The zero-order valence-corrected chi connectivity index (χ0v) is 12.2. The lowest BCUT2D eigenvalue weighted by Crippen LogP contribution is -2.23. The molecule has 0 aliphatic carbocycles. The predicted octanol–water partition coefficient (Wildman–Crippen LogP) is 3.20. The molecule has 108 valence electrons. The fourth-order valence-corrected chi connectivity index (χ4v) is 2.70. The number of benzene rings is 1. The van der Waals surface area contributed by atoms with Crippen molar-refractivity contribution in [3.8, 4) is 0 Å². The van der Waals surface area contributed by atoms with Gasteiger partial charge in [0.05, 0.1) is 0 Å². The molecule has 0 saturated carbocycles. The molecule has 5 heteroatoms. The van der Waals surface area contributed by atoms with E-state index in [2.05, 4.69) is 46.3 Å². The molecule has 0 amide bonds. The Bertz CT molecular complexity index is 710. The van der Waals surface area contributed by atoms with Gasteiger partial charge in [-0.1, -0.05) is 19.1 Å². The van der Waals surface area contributed by atoms with Crippen LogP contribution in [0.25, 0.3) is 11.0 Å². The second-order valence-corrected chi connectivity index (χ2v) is 5.21. The first-order valence-corrected chi connectivity index (χ1v) is 7.09. The Morgan fingerprint density at radius 1 is 1.19 bits per heavy atom. The summed E-state index contributed by atoms with van der Waals surface area (Å²) in [6.45, 7) is 3.04. The molecule has 3 aromatic rings. The van der Waals surface area contributed by atoms with Crippen LogP contribution in [-0.4, -0.2) is 27.2 Å². The van der Waals surface area contributed by atoms with Gasteiger partial charge in [-0.05, 0) is 53.1 Å². The van der Waals surface area contributed by atoms with Crippen molar-refractivity contribution in [1.29, 1.82) is 0 Å². The largest absolute Gasteiger partial charge is 0.295 e. The van der Waals surface area contributed by atoms with Crippen molar-refractivity contribution < 1.29 is 4.63 Å². The van der Waals surface area contributed by atoms with Gasteiger partial charge in [-0.15, -0.1) is 0 Å². The number of nitrogens with zero attached hydrogens (tertiary/aromatic N) is 4. The topological polar surface area (TPSA) is 55.1 Å². The average Bonchev–Trinajstić information content (AvgIpc) is 2.96. The van der Waals surface area contributed by atoms with E-state index in [1.807, 2.05) is 30.6 Å². The third-order valence-electron chi connectivity index (χ3n) is 3.74. The van der Waals surface area contributed by atoms with Gasteiger partial charge in [0.25, 0.3) is 0 Å². The minimum absolute atomic E-state index is 0.352. The van der Waals surface area contributed by atoms with Gasteiger partial charge in [0.1, 0.15) is 11.0 Å². The Balaban J connectivity index is 1.79. The molecule has 1 aromatic carbocycles. The van der Waals surface area contributed by atoms with Crippen LogP contribution in [0.2, 0.25) is 0 Å². The maximum Gasteiger partial charge on any atom is 0.135 e. The Kier molecular flexibility index (Phi) is 3.92. The minimum Gasteiger partial charge on any atom is -0.295 e. The van der Waals surface area contributed by atoms with Crippen LogP contribution >= 0.6 is 0 Å².